The van der Waals surface area contributed by atoms with Crippen molar-refractivity contribution in [2.75, 3.05) is 25.4 Å². The second kappa shape index (κ2) is 8.83. The molecule has 2 fully saturated rings. The molecule has 5 nitrogen and oxygen atoms in total. The van der Waals surface area contributed by atoms with Gasteiger partial charge in [0.2, 0.25) is 5.91 Å². The van der Waals surface area contributed by atoms with E-state index >= 15 is 0 Å². The Balaban J connectivity index is 1.38. The SMILES string of the molecule is CC1(C)COC(=O)N1C1CCN(C(=O)CCS/C=C\c2ccccc2)CC1. The highest BCUT2D eigenvalue weighted by atomic mass is 32.2. The summed E-state index contributed by atoms with van der Waals surface area (Å²) in [6, 6.07) is 10.3. The monoisotopic (exact) mass is 388 g/mol. The molecule has 0 aliphatic carbocycles. The number of piperidine rings is 1. The number of nitrogens with zero attached hydrogens (tertiary/aromatic N) is 2. The summed E-state index contributed by atoms with van der Waals surface area (Å²) in [5.74, 6) is 0.991. The van der Waals surface area contributed by atoms with Crippen molar-refractivity contribution in [1.82, 2.24) is 9.80 Å². The lowest BCUT2D eigenvalue weighted by Gasteiger charge is -2.40. The summed E-state index contributed by atoms with van der Waals surface area (Å²) >= 11 is 1.66. The minimum absolute atomic E-state index is 0.169. The molecule has 1 aromatic carbocycles. The first-order valence-electron chi connectivity index (χ1n) is 9.54. The quantitative estimate of drug-likeness (QED) is 0.691. The molecule has 0 unspecified atom stereocenters. The van der Waals surface area contributed by atoms with Gasteiger partial charge in [-0.05, 0) is 43.7 Å². The molecule has 2 aliphatic rings. The number of amides is 2. The maximum absolute atomic E-state index is 12.4. The molecule has 1 aromatic rings. The lowest BCUT2D eigenvalue weighted by Crippen LogP contribution is -2.53. The predicted molar refractivity (Wildman–Crippen MR) is 109 cm³/mol. The van der Waals surface area contributed by atoms with E-state index in [4.69, 9.17) is 4.74 Å². The lowest BCUT2D eigenvalue weighted by atomic mass is 9.97. The van der Waals surface area contributed by atoms with Crippen LogP contribution in [0.1, 0.15) is 38.7 Å². The van der Waals surface area contributed by atoms with Crippen LogP contribution in [0.3, 0.4) is 0 Å². The number of hydrogen-bond acceptors (Lipinski definition) is 4. The van der Waals surface area contributed by atoms with Gasteiger partial charge in [-0.15, -0.1) is 11.8 Å². The molecular formula is C21H28N2O3S. The highest BCUT2D eigenvalue weighted by Gasteiger charge is 2.44. The van der Waals surface area contributed by atoms with Crippen LogP contribution in [-0.4, -0.2) is 58.8 Å². The van der Waals surface area contributed by atoms with Crippen LogP contribution in [0.5, 0.6) is 0 Å². The van der Waals surface area contributed by atoms with Gasteiger partial charge < -0.3 is 9.64 Å². The molecule has 146 valence electrons. The fourth-order valence-electron chi connectivity index (χ4n) is 3.70. The van der Waals surface area contributed by atoms with E-state index in [0.717, 1.165) is 18.6 Å². The van der Waals surface area contributed by atoms with Crippen LogP contribution < -0.4 is 0 Å². The molecule has 2 heterocycles. The van der Waals surface area contributed by atoms with Gasteiger partial charge in [0.1, 0.15) is 6.61 Å². The lowest BCUT2D eigenvalue weighted by molar-refractivity contribution is -0.132. The zero-order valence-corrected chi connectivity index (χ0v) is 16.9. The molecule has 2 amide bonds. The largest absolute Gasteiger partial charge is 0.447 e. The highest BCUT2D eigenvalue weighted by Crippen LogP contribution is 2.30. The Hall–Kier alpha value is -1.95. The van der Waals surface area contributed by atoms with Gasteiger partial charge in [-0.2, -0.15) is 0 Å². The average Bonchev–Trinajstić information content (AvgIpc) is 2.95. The Bertz CT molecular complexity index is 682. The van der Waals surface area contributed by atoms with Gasteiger partial charge in [-0.25, -0.2) is 4.79 Å². The first-order valence-corrected chi connectivity index (χ1v) is 10.6. The summed E-state index contributed by atoms with van der Waals surface area (Å²) in [6.07, 6.45) is 4.05. The minimum Gasteiger partial charge on any atom is -0.447 e. The fourth-order valence-corrected chi connectivity index (χ4v) is 4.39. The molecule has 0 radical (unpaired) electrons. The molecule has 0 bridgehead atoms. The van der Waals surface area contributed by atoms with E-state index < -0.39 is 0 Å². The number of thioether (sulfide) groups is 1. The third-order valence-electron chi connectivity index (χ3n) is 5.17. The summed E-state index contributed by atoms with van der Waals surface area (Å²) in [7, 11) is 0. The Morgan fingerprint density at radius 2 is 1.96 bits per heavy atom. The number of hydrogen-bond donors (Lipinski definition) is 0. The average molecular weight is 389 g/mol. The fraction of sp³-hybridized carbons (Fsp3) is 0.524. The van der Waals surface area contributed by atoms with E-state index in [-0.39, 0.29) is 23.6 Å². The summed E-state index contributed by atoms with van der Waals surface area (Å²) in [6.45, 7) is 5.95. The van der Waals surface area contributed by atoms with Crippen LogP contribution in [0.4, 0.5) is 4.79 Å². The number of benzene rings is 1. The third kappa shape index (κ3) is 5.06. The number of cyclic esters (lactones) is 1. The number of likely N-dealkylation sites (tertiary alicyclic amines) is 1. The van der Waals surface area contributed by atoms with Crippen LogP contribution in [0.2, 0.25) is 0 Å². The number of carbonyl (C=O) groups is 2. The Kier molecular flexibility index (Phi) is 6.47. The predicted octanol–water partition coefficient (Wildman–Crippen LogP) is 4.00. The minimum atomic E-state index is -0.254. The van der Waals surface area contributed by atoms with E-state index in [2.05, 4.69) is 23.6 Å². The van der Waals surface area contributed by atoms with Crippen molar-refractivity contribution in [1.29, 1.82) is 0 Å². The van der Waals surface area contributed by atoms with E-state index in [1.165, 1.54) is 5.56 Å². The smallest absolute Gasteiger partial charge is 0.410 e. The topological polar surface area (TPSA) is 49.9 Å². The molecular weight excluding hydrogens is 360 g/mol. The van der Waals surface area contributed by atoms with Crippen molar-refractivity contribution in [3.8, 4) is 0 Å². The van der Waals surface area contributed by atoms with Crippen LogP contribution in [0.25, 0.3) is 6.08 Å². The first kappa shape index (κ1) is 19.8. The van der Waals surface area contributed by atoms with Gasteiger partial charge in [-0.1, -0.05) is 30.3 Å². The number of ether oxygens (including phenoxy) is 1. The van der Waals surface area contributed by atoms with Crippen LogP contribution >= 0.6 is 11.8 Å². The Morgan fingerprint density at radius 1 is 1.26 bits per heavy atom. The Morgan fingerprint density at radius 3 is 2.59 bits per heavy atom. The van der Waals surface area contributed by atoms with Crippen molar-refractivity contribution in [3.63, 3.8) is 0 Å². The van der Waals surface area contributed by atoms with Gasteiger partial charge in [0.25, 0.3) is 0 Å². The summed E-state index contributed by atoms with van der Waals surface area (Å²) < 4.78 is 5.21. The van der Waals surface area contributed by atoms with Gasteiger partial charge in [-0.3, -0.25) is 9.69 Å². The summed E-state index contributed by atoms with van der Waals surface area (Å²) in [4.78, 5) is 28.3. The molecule has 3 rings (SSSR count). The molecule has 0 spiro atoms. The second-order valence-corrected chi connectivity index (χ2v) is 8.70. The zero-order chi connectivity index (χ0) is 19.3. The van der Waals surface area contributed by atoms with Gasteiger partial charge >= 0.3 is 6.09 Å². The van der Waals surface area contributed by atoms with Crippen LogP contribution in [0, 0.1) is 0 Å². The molecule has 6 heteroatoms. The maximum Gasteiger partial charge on any atom is 0.410 e. The summed E-state index contributed by atoms with van der Waals surface area (Å²) in [5, 5.41) is 2.05. The Labute approximate surface area is 165 Å². The molecule has 27 heavy (non-hydrogen) atoms. The number of carbonyl (C=O) groups excluding carboxylic acids is 2. The van der Waals surface area contributed by atoms with Gasteiger partial charge in [0.05, 0.1) is 5.54 Å². The molecule has 0 aromatic heterocycles. The molecule has 0 saturated carbocycles. The van der Waals surface area contributed by atoms with E-state index in [9.17, 15) is 9.59 Å². The second-order valence-electron chi connectivity index (χ2n) is 7.68. The van der Waals surface area contributed by atoms with E-state index in [1.807, 2.05) is 41.8 Å². The summed E-state index contributed by atoms with van der Waals surface area (Å²) in [5.41, 5.74) is 0.914. The first-order chi connectivity index (χ1) is 13.0. The molecule has 0 atom stereocenters. The van der Waals surface area contributed by atoms with Crippen molar-refractivity contribution in [3.05, 3.63) is 41.3 Å². The van der Waals surface area contributed by atoms with E-state index in [1.54, 1.807) is 11.8 Å². The van der Waals surface area contributed by atoms with Gasteiger partial charge in [0.15, 0.2) is 0 Å². The van der Waals surface area contributed by atoms with Gasteiger partial charge in [0, 0.05) is 31.3 Å². The van der Waals surface area contributed by atoms with Crippen LogP contribution in [0.15, 0.2) is 35.7 Å². The molecule has 2 saturated heterocycles. The van der Waals surface area contributed by atoms with Crippen LogP contribution in [-0.2, 0) is 9.53 Å². The van der Waals surface area contributed by atoms with Crippen molar-refractivity contribution in [2.45, 2.75) is 44.7 Å². The van der Waals surface area contributed by atoms with Crippen molar-refractivity contribution >= 4 is 29.8 Å². The van der Waals surface area contributed by atoms with E-state index in [0.29, 0.717) is 26.1 Å². The van der Waals surface area contributed by atoms with Crippen molar-refractivity contribution < 1.29 is 14.3 Å². The van der Waals surface area contributed by atoms with Crippen molar-refractivity contribution in [2.24, 2.45) is 0 Å². The zero-order valence-electron chi connectivity index (χ0n) is 16.1. The number of rotatable bonds is 6. The highest BCUT2D eigenvalue weighted by molar-refractivity contribution is 8.02. The molecule has 2 aliphatic heterocycles. The normalized spacial score (nSPS) is 20.3. The third-order valence-corrected chi connectivity index (χ3v) is 5.94. The standard InChI is InChI=1S/C21H28N2O3S/c1-21(2)16-26-20(25)23(21)18-8-12-22(13-9-18)19(24)11-15-27-14-10-17-6-4-3-5-7-17/h3-7,10,14,18H,8-9,11-13,15-16H2,1-2H3/b14-10-. The molecule has 0 N–H and O–H groups in total. The maximum atomic E-state index is 12.4.